The zero-order chi connectivity index (χ0) is 28.6. The average Bonchev–Trinajstić information content (AvgIpc) is 2.94. The van der Waals surface area contributed by atoms with Gasteiger partial charge in [-0.25, -0.2) is 16.8 Å². The van der Waals surface area contributed by atoms with Gasteiger partial charge in [-0.2, -0.15) is 4.72 Å². The summed E-state index contributed by atoms with van der Waals surface area (Å²) in [7, 11) is -10.3. The number of nitrogens with one attached hydrogen (secondary N) is 1. The number of sulfonamides is 1. The number of carbonyl (C=O) groups is 1. The summed E-state index contributed by atoms with van der Waals surface area (Å²) in [4.78, 5) is 12.2. The number of ether oxygens (including phenoxy) is 1. The van der Waals surface area contributed by atoms with Crippen LogP contribution in [0.3, 0.4) is 0 Å². The number of methoxy groups -OCH3 is 1. The summed E-state index contributed by atoms with van der Waals surface area (Å²) in [6.07, 6.45) is 0.788. The minimum atomic E-state index is -4.61. The Balaban J connectivity index is 2.05. The number of fused-ring (bicyclic) bond motifs is 1. The minimum Gasteiger partial charge on any atom is -0.497 e. The van der Waals surface area contributed by atoms with E-state index in [2.05, 4.69) is 4.72 Å². The molecule has 0 radical (unpaired) electrons. The second-order valence-electron chi connectivity index (χ2n) is 8.25. The number of sulfone groups is 1. The van der Waals surface area contributed by atoms with Gasteiger partial charge in [-0.05, 0) is 54.6 Å². The molecule has 0 spiro atoms. The van der Waals surface area contributed by atoms with Crippen molar-refractivity contribution in [1.29, 1.82) is 0 Å². The van der Waals surface area contributed by atoms with Gasteiger partial charge >= 0.3 is 7.60 Å². The van der Waals surface area contributed by atoms with Crippen LogP contribution >= 0.6 is 19.2 Å². The molecule has 1 aliphatic carbocycles. The molecule has 1 atom stereocenters. The van der Waals surface area contributed by atoms with Crippen molar-refractivity contribution in [2.75, 3.05) is 21.3 Å². The maximum atomic E-state index is 14.2. The Morgan fingerprint density at radius 3 is 1.95 bits per heavy atom. The highest BCUT2D eigenvalue weighted by Crippen LogP contribution is 2.66. The highest BCUT2D eigenvalue weighted by molar-refractivity contribution is 7.96. The maximum Gasteiger partial charge on any atom is 0.359 e. The predicted octanol–water partition coefficient (Wildman–Crippen LogP) is 4.52. The van der Waals surface area contributed by atoms with E-state index < -0.39 is 43.4 Å². The van der Waals surface area contributed by atoms with Gasteiger partial charge in [-0.1, -0.05) is 35.9 Å². The lowest BCUT2D eigenvalue weighted by Gasteiger charge is -2.39. The minimum absolute atomic E-state index is 0.117. The Morgan fingerprint density at radius 2 is 1.38 bits per heavy atom. The SMILES string of the molecule is COc1ccc(S(=O)(=O)NC2(P(=O)(OC)OC)C=C(S(=O)(=O)c3ccc(Cl)cc3)C(=O)c3ccccc32)cc1. The number of Topliss-reactive ketones (excluding diaryl/α,β-unsaturated/α-hetero) is 1. The van der Waals surface area contributed by atoms with Gasteiger partial charge in [0, 0.05) is 30.4 Å². The predicted molar refractivity (Wildman–Crippen MR) is 144 cm³/mol. The molecule has 0 saturated carbocycles. The monoisotopic (exact) mass is 611 g/mol. The second kappa shape index (κ2) is 10.6. The fraction of sp³-hybridized carbons (Fsp3) is 0.160. The summed E-state index contributed by atoms with van der Waals surface area (Å²) in [5.74, 6) is -0.549. The lowest BCUT2D eigenvalue weighted by Crippen LogP contribution is -2.48. The molecule has 0 bridgehead atoms. The molecular formula is C25H23ClNO9PS2. The Bertz CT molecular complexity index is 1710. The van der Waals surface area contributed by atoms with Crippen LogP contribution in [0.25, 0.3) is 0 Å². The number of carbonyl (C=O) groups excluding carboxylic acids is 1. The molecule has 3 aromatic carbocycles. The number of ketones is 1. The molecule has 1 unspecified atom stereocenters. The molecule has 0 saturated heterocycles. The van der Waals surface area contributed by atoms with Gasteiger partial charge in [0.05, 0.1) is 16.9 Å². The van der Waals surface area contributed by atoms with Crippen molar-refractivity contribution in [3.05, 3.63) is 99.9 Å². The fourth-order valence-corrected chi connectivity index (χ4v) is 9.32. The quantitative estimate of drug-likeness (QED) is 0.346. The molecule has 0 aromatic heterocycles. The molecule has 14 heteroatoms. The van der Waals surface area contributed by atoms with E-state index >= 15 is 0 Å². The van der Waals surface area contributed by atoms with Crippen molar-refractivity contribution in [3.63, 3.8) is 0 Å². The van der Waals surface area contributed by atoms with Gasteiger partial charge in [0.1, 0.15) is 10.7 Å². The topological polar surface area (TPSA) is 142 Å². The van der Waals surface area contributed by atoms with Crippen molar-refractivity contribution in [2.24, 2.45) is 0 Å². The highest BCUT2D eigenvalue weighted by Gasteiger charge is 2.58. The maximum absolute atomic E-state index is 14.2. The van der Waals surface area contributed by atoms with E-state index in [-0.39, 0.29) is 25.9 Å². The number of allylic oxidation sites excluding steroid dienone is 1. The summed E-state index contributed by atoms with van der Waals surface area (Å²) in [5, 5.41) is -2.21. The normalized spacial score (nSPS) is 17.8. The Hall–Kier alpha value is -2.83. The Labute approximate surface area is 231 Å². The van der Waals surface area contributed by atoms with E-state index in [1.165, 1.54) is 79.9 Å². The van der Waals surface area contributed by atoms with Crippen LogP contribution in [0, 0.1) is 0 Å². The molecule has 10 nitrogen and oxygen atoms in total. The zero-order valence-corrected chi connectivity index (χ0v) is 24.1. The van der Waals surface area contributed by atoms with Crippen LogP contribution < -0.4 is 9.46 Å². The third-order valence-electron chi connectivity index (χ3n) is 6.13. The van der Waals surface area contributed by atoms with Crippen molar-refractivity contribution >= 4 is 44.8 Å². The van der Waals surface area contributed by atoms with Gasteiger partial charge in [0.15, 0.2) is 5.28 Å². The molecule has 4 rings (SSSR count). The van der Waals surface area contributed by atoms with Gasteiger partial charge in [-0.3, -0.25) is 9.36 Å². The Kier molecular flexibility index (Phi) is 7.94. The van der Waals surface area contributed by atoms with Crippen molar-refractivity contribution in [1.82, 2.24) is 4.72 Å². The van der Waals surface area contributed by atoms with Crippen LogP contribution in [0.2, 0.25) is 5.02 Å². The summed E-state index contributed by atoms with van der Waals surface area (Å²) in [6.45, 7) is 0. The number of rotatable bonds is 9. The van der Waals surface area contributed by atoms with Gasteiger partial charge in [0.25, 0.3) is 0 Å². The highest BCUT2D eigenvalue weighted by atomic mass is 35.5. The van der Waals surface area contributed by atoms with Crippen LogP contribution in [0.1, 0.15) is 15.9 Å². The Morgan fingerprint density at radius 1 is 0.821 bits per heavy atom. The first-order chi connectivity index (χ1) is 18.3. The van der Waals surface area contributed by atoms with Crippen LogP contribution in [-0.2, 0) is 38.8 Å². The first kappa shape index (κ1) is 29.2. The van der Waals surface area contributed by atoms with Gasteiger partial charge < -0.3 is 13.8 Å². The van der Waals surface area contributed by atoms with Crippen molar-refractivity contribution in [2.45, 2.75) is 15.1 Å². The van der Waals surface area contributed by atoms with Crippen molar-refractivity contribution < 1.29 is 40.0 Å². The summed E-state index contributed by atoms with van der Waals surface area (Å²) in [5.41, 5.74) is -0.325. The molecule has 0 heterocycles. The smallest absolute Gasteiger partial charge is 0.359 e. The molecule has 39 heavy (non-hydrogen) atoms. The van der Waals surface area contributed by atoms with Crippen LogP contribution in [-0.4, -0.2) is 43.9 Å². The fourth-order valence-electron chi connectivity index (χ4n) is 4.17. The van der Waals surface area contributed by atoms with Crippen LogP contribution in [0.15, 0.2) is 93.6 Å². The number of hydrogen-bond donors (Lipinski definition) is 1. The lowest BCUT2D eigenvalue weighted by atomic mass is 9.92. The van der Waals surface area contributed by atoms with Gasteiger partial charge in [-0.15, -0.1) is 0 Å². The second-order valence-corrected chi connectivity index (χ2v) is 14.7. The van der Waals surface area contributed by atoms with E-state index in [1.807, 2.05) is 0 Å². The molecule has 1 aliphatic rings. The van der Waals surface area contributed by atoms with E-state index in [1.54, 1.807) is 0 Å². The summed E-state index contributed by atoms with van der Waals surface area (Å²) < 4.78 is 86.9. The summed E-state index contributed by atoms with van der Waals surface area (Å²) in [6, 6.07) is 15.9. The third-order valence-corrected chi connectivity index (χ3v) is 12.1. The van der Waals surface area contributed by atoms with Gasteiger partial charge in [0.2, 0.25) is 25.6 Å². The van der Waals surface area contributed by atoms with Crippen molar-refractivity contribution in [3.8, 4) is 5.75 Å². The number of benzene rings is 3. The lowest BCUT2D eigenvalue weighted by molar-refractivity contribution is 0.103. The van der Waals surface area contributed by atoms with Crippen LogP contribution in [0.4, 0.5) is 0 Å². The summed E-state index contributed by atoms with van der Waals surface area (Å²) >= 11 is 5.90. The number of halogens is 1. The molecule has 0 aliphatic heterocycles. The molecule has 0 fully saturated rings. The van der Waals surface area contributed by atoms with E-state index in [0.717, 1.165) is 20.3 Å². The first-order valence-corrected chi connectivity index (χ1v) is 16.0. The standard InChI is InChI=1S/C25H23ClNO9PS2/c1-34-18-10-14-20(15-11-18)39(32,33)27-25(37(29,35-2)36-3)16-23(24(28)21-6-4-5-7-22(21)25)38(30,31)19-12-8-17(26)9-13-19/h4-16,27H,1-3H3. The molecule has 206 valence electrons. The first-order valence-electron chi connectivity index (χ1n) is 11.1. The largest absolute Gasteiger partial charge is 0.497 e. The molecule has 1 N–H and O–H groups in total. The molecule has 0 amide bonds. The average molecular weight is 612 g/mol. The number of hydrogen-bond acceptors (Lipinski definition) is 9. The third kappa shape index (κ3) is 4.98. The van der Waals surface area contributed by atoms with E-state index in [0.29, 0.717) is 5.75 Å². The van der Waals surface area contributed by atoms with E-state index in [4.69, 9.17) is 25.4 Å². The molecular weight excluding hydrogens is 589 g/mol. The zero-order valence-electron chi connectivity index (χ0n) is 20.8. The van der Waals surface area contributed by atoms with E-state index in [9.17, 15) is 26.2 Å². The molecule has 3 aromatic rings. The van der Waals surface area contributed by atoms with Crippen LogP contribution in [0.5, 0.6) is 5.75 Å².